The Morgan fingerprint density at radius 1 is 1.03 bits per heavy atom. The van der Waals surface area contributed by atoms with E-state index in [1.54, 1.807) is 30.3 Å². The minimum absolute atomic E-state index is 0.176. The molecule has 1 atom stereocenters. The number of carbonyl (C=O) groups is 1. The van der Waals surface area contributed by atoms with E-state index in [1.165, 1.54) is 31.4 Å². The van der Waals surface area contributed by atoms with Gasteiger partial charge in [0.05, 0.1) is 34.3 Å². The molecule has 0 aliphatic heterocycles. The van der Waals surface area contributed by atoms with E-state index in [0.29, 0.717) is 22.5 Å². The summed E-state index contributed by atoms with van der Waals surface area (Å²) in [5.74, 6) is 0.123. The molecular formula is C27H28ClF3N2O4S. The number of hydrogen-bond acceptors (Lipinski definition) is 4. The van der Waals surface area contributed by atoms with Crippen molar-refractivity contribution >= 4 is 33.2 Å². The molecule has 0 saturated carbocycles. The van der Waals surface area contributed by atoms with Gasteiger partial charge in [-0.15, -0.1) is 0 Å². The Morgan fingerprint density at radius 3 is 2.21 bits per heavy atom. The Kier molecular flexibility index (Phi) is 9.32. The number of methoxy groups -OCH3 is 1. The summed E-state index contributed by atoms with van der Waals surface area (Å²) in [5.41, 5.74) is -0.775. The molecular weight excluding hydrogens is 541 g/mol. The third-order valence-corrected chi connectivity index (χ3v) is 7.84. The maximum atomic E-state index is 13.6. The number of nitrogens with one attached hydrogen (secondary N) is 1. The van der Waals surface area contributed by atoms with E-state index in [0.717, 1.165) is 17.7 Å². The van der Waals surface area contributed by atoms with Gasteiger partial charge >= 0.3 is 6.18 Å². The van der Waals surface area contributed by atoms with Gasteiger partial charge in [0.1, 0.15) is 12.3 Å². The van der Waals surface area contributed by atoms with Gasteiger partial charge < -0.3 is 10.1 Å². The second-order valence-corrected chi connectivity index (χ2v) is 11.3. The van der Waals surface area contributed by atoms with Crippen molar-refractivity contribution in [2.45, 2.75) is 37.4 Å². The molecule has 0 unspecified atom stereocenters. The monoisotopic (exact) mass is 568 g/mol. The summed E-state index contributed by atoms with van der Waals surface area (Å²) in [7, 11) is -2.88. The minimum Gasteiger partial charge on any atom is -0.497 e. The number of carbonyl (C=O) groups excluding carboxylic acids is 1. The predicted molar refractivity (Wildman–Crippen MR) is 141 cm³/mol. The van der Waals surface area contributed by atoms with Crippen LogP contribution in [0.25, 0.3) is 0 Å². The average Bonchev–Trinajstić information content (AvgIpc) is 2.87. The molecule has 38 heavy (non-hydrogen) atoms. The molecule has 0 heterocycles. The van der Waals surface area contributed by atoms with E-state index in [2.05, 4.69) is 5.32 Å². The van der Waals surface area contributed by atoms with Crippen molar-refractivity contribution in [3.63, 3.8) is 0 Å². The molecule has 0 saturated heterocycles. The average molecular weight is 569 g/mol. The van der Waals surface area contributed by atoms with Crippen LogP contribution in [0.5, 0.6) is 5.75 Å². The first kappa shape index (κ1) is 29.3. The summed E-state index contributed by atoms with van der Waals surface area (Å²) in [4.78, 5) is 13.1. The Labute approximate surface area is 225 Å². The summed E-state index contributed by atoms with van der Waals surface area (Å²) in [5, 5.41) is 2.26. The van der Waals surface area contributed by atoms with Crippen LogP contribution in [0.1, 0.15) is 37.4 Å². The van der Waals surface area contributed by atoms with E-state index in [-0.39, 0.29) is 16.5 Å². The second kappa shape index (κ2) is 12.1. The highest BCUT2D eigenvalue weighted by Crippen LogP contribution is 2.38. The van der Waals surface area contributed by atoms with Gasteiger partial charge in [-0.05, 0) is 60.4 Å². The predicted octanol–water partition coefficient (Wildman–Crippen LogP) is 6.47. The summed E-state index contributed by atoms with van der Waals surface area (Å²) >= 11 is 5.75. The highest BCUT2D eigenvalue weighted by atomic mass is 35.5. The van der Waals surface area contributed by atoms with Gasteiger partial charge in [0.2, 0.25) is 5.91 Å². The SMILES string of the molecule is COc1ccc([C@H](CC(C)C)NC(=O)CN(c2ccc(Cl)c(C(F)(F)F)c2)S(=O)(=O)c2ccccc2)cc1. The van der Waals surface area contributed by atoms with Crippen LogP contribution < -0.4 is 14.4 Å². The van der Waals surface area contributed by atoms with Crippen molar-refractivity contribution in [3.8, 4) is 5.75 Å². The van der Waals surface area contributed by atoms with Gasteiger partial charge in [-0.25, -0.2) is 8.42 Å². The van der Waals surface area contributed by atoms with Crippen LogP contribution >= 0.6 is 11.6 Å². The number of hydrogen-bond donors (Lipinski definition) is 1. The van der Waals surface area contributed by atoms with Crippen molar-refractivity contribution in [1.82, 2.24) is 5.32 Å². The molecule has 0 aliphatic carbocycles. The van der Waals surface area contributed by atoms with Crippen molar-refractivity contribution in [2.24, 2.45) is 5.92 Å². The number of anilines is 1. The van der Waals surface area contributed by atoms with Crippen LogP contribution in [0.3, 0.4) is 0 Å². The minimum atomic E-state index is -4.83. The Hall–Kier alpha value is -3.24. The third-order valence-electron chi connectivity index (χ3n) is 5.72. The molecule has 0 spiro atoms. The van der Waals surface area contributed by atoms with Gasteiger partial charge in [-0.3, -0.25) is 9.10 Å². The summed E-state index contributed by atoms with van der Waals surface area (Å²) in [6.45, 7) is 3.20. The van der Waals surface area contributed by atoms with Crippen molar-refractivity contribution in [3.05, 3.63) is 88.9 Å². The lowest BCUT2D eigenvalue weighted by atomic mass is 9.97. The first-order valence-corrected chi connectivity index (χ1v) is 13.5. The lowest BCUT2D eigenvalue weighted by Gasteiger charge is -2.27. The van der Waals surface area contributed by atoms with Gasteiger partial charge in [0.15, 0.2) is 0 Å². The summed E-state index contributed by atoms with van der Waals surface area (Å²) in [6, 6.07) is 16.5. The third kappa shape index (κ3) is 7.20. The number of ether oxygens (including phenoxy) is 1. The summed E-state index contributed by atoms with van der Waals surface area (Å²) in [6.07, 6.45) is -4.28. The van der Waals surface area contributed by atoms with Gasteiger partial charge in [-0.1, -0.05) is 55.8 Å². The van der Waals surface area contributed by atoms with Gasteiger partial charge in [0, 0.05) is 0 Å². The fourth-order valence-corrected chi connectivity index (χ4v) is 5.54. The topological polar surface area (TPSA) is 75.7 Å². The summed E-state index contributed by atoms with van der Waals surface area (Å²) < 4.78 is 73.6. The highest BCUT2D eigenvalue weighted by Gasteiger charge is 2.35. The molecule has 0 fully saturated rings. The lowest BCUT2D eigenvalue weighted by molar-refractivity contribution is -0.137. The number of benzene rings is 3. The number of halogens is 4. The number of nitrogens with zero attached hydrogens (tertiary/aromatic N) is 1. The Balaban J connectivity index is 2.00. The van der Waals surface area contributed by atoms with E-state index in [9.17, 15) is 26.4 Å². The standard InChI is InChI=1S/C27H28ClF3N2O4S/c1-18(2)15-25(19-9-12-21(37-3)13-10-19)32-26(34)17-33(38(35,36)22-7-5-4-6-8-22)20-11-14-24(28)23(16-20)27(29,30)31/h4-14,16,18,25H,15,17H2,1-3H3,(H,32,34)/t25-/m0/s1. The Morgan fingerprint density at radius 2 is 1.66 bits per heavy atom. The van der Waals surface area contributed by atoms with E-state index in [4.69, 9.17) is 16.3 Å². The lowest BCUT2D eigenvalue weighted by Crippen LogP contribution is -2.42. The van der Waals surface area contributed by atoms with Crippen LogP contribution in [0.15, 0.2) is 77.7 Å². The molecule has 1 amide bonds. The number of sulfonamides is 1. The van der Waals surface area contributed by atoms with Crippen LogP contribution in [0, 0.1) is 5.92 Å². The van der Waals surface area contributed by atoms with Crippen molar-refractivity contribution in [1.29, 1.82) is 0 Å². The molecule has 3 rings (SSSR count). The smallest absolute Gasteiger partial charge is 0.417 e. The second-order valence-electron chi connectivity index (χ2n) is 9.01. The first-order valence-electron chi connectivity index (χ1n) is 11.7. The van der Waals surface area contributed by atoms with Crippen LogP contribution in [0.2, 0.25) is 5.02 Å². The molecule has 0 aromatic heterocycles. The normalized spacial score (nSPS) is 12.7. The molecule has 3 aromatic rings. The molecule has 11 heteroatoms. The molecule has 0 bridgehead atoms. The molecule has 3 aromatic carbocycles. The molecule has 204 valence electrons. The van der Waals surface area contributed by atoms with Crippen LogP contribution in [-0.4, -0.2) is 28.0 Å². The van der Waals surface area contributed by atoms with E-state index < -0.39 is 45.3 Å². The number of rotatable bonds is 10. The maximum absolute atomic E-state index is 13.6. The van der Waals surface area contributed by atoms with E-state index >= 15 is 0 Å². The fraction of sp³-hybridized carbons (Fsp3) is 0.296. The number of alkyl halides is 3. The van der Waals surface area contributed by atoms with Crippen LogP contribution in [0.4, 0.5) is 18.9 Å². The zero-order valence-electron chi connectivity index (χ0n) is 21.0. The van der Waals surface area contributed by atoms with Crippen molar-refractivity contribution in [2.75, 3.05) is 18.0 Å². The molecule has 0 aliphatic rings. The van der Waals surface area contributed by atoms with Crippen LogP contribution in [-0.2, 0) is 21.0 Å². The quantitative estimate of drug-likeness (QED) is 0.304. The number of amides is 1. The van der Waals surface area contributed by atoms with Gasteiger partial charge in [0.25, 0.3) is 10.0 Å². The molecule has 1 N–H and O–H groups in total. The maximum Gasteiger partial charge on any atom is 0.417 e. The zero-order chi connectivity index (χ0) is 28.1. The fourth-order valence-electron chi connectivity index (χ4n) is 3.88. The molecule has 0 radical (unpaired) electrons. The molecule has 6 nitrogen and oxygen atoms in total. The van der Waals surface area contributed by atoms with Crippen molar-refractivity contribution < 1.29 is 31.1 Å². The largest absolute Gasteiger partial charge is 0.497 e. The van der Waals surface area contributed by atoms with Gasteiger partial charge in [-0.2, -0.15) is 13.2 Å². The highest BCUT2D eigenvalue weighted by molar-refractivity contribution is 7.92. The van der Waals surface area contributed by atoms with E-state index in [1.807, 2.05) is 13.8 Å². The Bertz CT molecular complexity index is 1350. The zero-order valence-corrected chi connectivity index (χ0v) is 22.6. The first-order chi connectivity index (χ1) is 17.8.